The molecule has 0 amide bonds. The average Bonchev–Trinajstić information content (AvgIpc) is 3.87. The molecule has 2 aliphatic rings. The Hall–Kier alpha value is -5.15. The molecule has 0 atom stereocenters. The number of nitrogens with zero attached hydrogens (tertiary/aromatic N) is 8. The fourth-order valence-corrected chi connectivity index (χ4v) is 6.04. The van der Waals surface area contributed by atoms with Gasteiger partial charge in [0.15, 0.2) is 0 Å². The molecule has 1 radical (unpaired) electrons. The van der Waals surface area contributed by atoms with Crippen LogP contribution in [0, 0.1) is 64.8 Å². The monoisotopic (exact) mass is 944 g/mol. The van der Waals surface area contributed by atoms with E-state index in [1.165, 1.54) is 13.1 Å². The Labute approximate surface area is 325 Å². The standard InChI is InChI=1S/C23H17F5N4.C15H14F3N4.Ir/c1-11-7-12(2)20(13(3)8-11)32-10-18(16-6-5-15(24)9-17(16)25)29-22(32)19-14(4)21(31-30-19)23(26,27)28;1-19-3-5-21(10-19)13-7-12(15(16,17)18)8-14(9-13)22-6-4-20(2)11-22;/h5,7-10H,1-4H3;3-8,10-11H,1-2H3;/q-2;-3;. The van der Waals surface area contributed by atoms with Crippen molar-refractivity contribution in [2.24, 2.45) is 0 Å². The predicted octanol–water partition coefficient (Wildman–Crippen LogP) is 9.08. The van der Waals surface area contributed by atoms with Crippen molar-refractivity contribution in [1.29, 1.82) is 0 Å². The maximum absolute atomic E-state index is 14.4. The first-order valence-electron chi connectivity index (χ1n) is 16.1. The van der Waals surface area contributed by atoms with Crippen LogP contribution < -0.4 is 14.9 Å². The Balaban J connectivity index is 0.000000221. The molecule has 0 unspecified atom stereocenters. The molecule has 17 heteroatoms. The summed E-state index contributed by atoms with van der Waals surface area (Å²) in [5.74, 6) is -1.63. The number of imidazole rings is 1. The van der Waals surface area contributed by atoms with Gasteiger partial charge in [-0.25, -0.2) is 0 Å². The van der Waals surface area contributed by atoms with E-state index in [0.29, 0.717) is 23.1 Å². The van der Waals surface area contributed by atoms with Crippen molar-refractivity contribution in [2.75, 3.05) is 23.9 Å². The average molecular weight is 944 g/mol. The SMILES string of the molecule is CN1C=CN(c2[c-]c(N3C=CN(C)[CH-]3)cc(C(F)(F)F)c2)[CH-]1.Cc1cc(C)c(-n2cc(-c3[c-]cc(F)cc3F)nc2-c2[n-]nc(C(F)(F)F)c2C)c(C)c1.[Ir]. The molecular weight excluding hydrogens is 913 g/mol. The molecule has 0 bridgehead atoms. The summed E-state index contributed by atoms with van der Waals surface area (Å²) in [5, 5.41) is 7.05. The predicted molar refractivity (Wildman–Crippen MR) is 186 cm³/mol. The number of alkyl halides is 6. The number of aromatic nitrogens is 4. The van der Waals surface area contributed by atoms with E-state index in [9.17, 15) is 35.1 Å². The van der Waals surface area contributed by atoms with E-state index in [1.54, 1.807) is 76.4 Å². The summed E-state index contributed by atoms with van der Waals surface area (Å²) in [6.07, 6.45) is -0.733. The van der Waals surface area contributed by atoms with Gasteiger partial charge in [0.1, 0.15) is 11.5 Å². The van der Waals surface area contributed by atoms with Crippen molar-refractivity contribution in [3.63, 3.8) is 0 Å². The summed E-state index contributed by atoms with van der Waals surface area (Å²) in [4.78, 5) is 11.1. The fourth-order valence-electron chi connectivity index (χ4n) is 6.04. The van der Waals surface area contributed by atoms with Gasteiger partial charge in [-0.3, -0.25) is 13.8 Å². The van der Waals surface area contributed by atoms with Gasteiger partial charge in [-0.2, -0.15) is 39.7 Å². The molecule has 0 spiro atoms. The third-order valence-corrected chi connectivity index (χ3v) is 8.40. The van der Waals surface area contributed by atoms with Gasteiger partial charge in [-0.1, -0.05) is 40.6 Å². The zero-order valence-corrected chi connectivity index (χ0v) is 32.3. The Morgan fingerprint density at radius 1 is 0.764 bits per heavy atom. The molecule has 0 saturated heterocycles. The Morgan fingerprint density at radius 2 is 1.33 bits per heavy atom. The van der Waals surface area contributed by atoms with Gasteiger partial charge in [-0.15, -0.1) is 41.7 Å². The van der Waals surface area contributed by atoms with Crippen LogP contribution in [0.2, 0.25) is 0 Å². The summed E-state index contributed by atoms with van der Waals surface area (Å²) in [6, 6.07) is 13.2. The van der Waals surface area contributed by atoms with Gasteiger partial charge in [0.2, 0.25) is 0 Å². The molecule has 2 aromatic heterocycles. The van der Waals surface area contributed by atoms with Gasteiger partial charge in [0, 0.05) is 37.4 Å². The topological polar surface area (TPSA) is 57.8 Å². The summed E-state index contributed by atoms with van der Waals surface area (Å²) < 4.78 is 109. The number of aryl methyl sites for hydroxylation is 3. The van der Waals surface area contributed by atoms with E-state index in [1.807, 2.05) is 32.9 Å². The van der Waals surface area contributed by atoms with Crippen molar-refractivity contribution in [1.82, 2.24) is 29.5 Å². The molecule has 5 aromatic rings. The van der Waals surface area contributed by atoms with Crippen molar-refractivity contribution in [2.45, 2.75) is 40.0 Å². The molecule has 0 aliphatic carbocycles. The second-order valence-electron chi connectivity index (χ2n) is 12.7. The largest absolute Gasteiger partial charge is 0.572 e. The van der Waals surface area contributed by atoms with Crippen molar-refractivity contribution in [3.8, 4) is 28.5 Å². The molecule has 7 rings (SSSR count). The van der Waals surface area contributed by atoms with Gasteiger partial charge in [-0.05, 0) is 89.5 Å². The van der Waals surface area contributed by atoms with E-state index >= 15 is 0 Å². The van der Waals surface area contributed by atoms with Crippen molar-refractivity contribution < 1.29 is 55.2 Å². The van der Waals surface area contributed by atoms with Crippen LogP contribution in [-0.4, -0.2) is 38.5 Å². The quantitative estimate of drug-likeness (QED) is 0.129. The molecule has 3 aromatic carbocycles. The number of hydrogen-bond donors (Lipinski definition) is 0. The second kappa shape index (κ2) is 15.5. The van der Waals surface area contributed by atoms with Crippen LogP contribution >= 0.6 is 0 Å². The summed E-state index contributed by atoms with van der Waals surface area (Å²) in [5.41, 5.74) is 1.90. The van der Waals surface area contributed by atoms with Crippen LogP contribution in [0.4, 0.5) is 46.5 Å². The van der Waals surface area contributed by atoms with Gasteiger partial charge in [0.05, 0.1) is 5.69 Å². The smallest absolute Gasteiger partial charge is 0.431 e. The van der Waals surface area contributed by atoms with E-state index in [4.69, 9.17) is 0 Å². The van der Waals surface area contributed by atoms with Gasteiger partial charge >= 0.3 is 12.4 Å². The van der Waals surface area contributed by atoms with Gasteiger partial charge < -0.3 is 34.4 Å². The molecule has 2 aliphatic heterocycles. The molecule has 0 N–H and O–H groups in total. The Morgan fingerprint density at radius 3 is 1.78 bits per heavy atom. The van der Waals surface area contributed by atoms with Crippen LogP contribution in [0.15, 0.2) is 67.4 Å². The number of halogens is 8. The zero-order valence-electron chi connectivity index (χ0n) is 29.9. The molecule has 293 valence electrons. The number of benzene rings is 3. The van der Waals surface area contributed by atoms with Crippen molar-refractivity contribution >= 4 is 11.4 Å². The third kappa shape index (κ3) is 8.73. The first-order chi connectivity index (χ1) is 25.3. The Kier molecular flexibility index (Phi) is 11.6. The first kappa shape index (κ1) is 41.0. The maximum atomic E-state index is 14.4. The molecule has 0 fully saturated rings. The molecule has 8 nitrogen and oxygen atoms in total. The summed E-state index contributed by atoms with van der Waals surface area (Å²) in [6.45, 7) is 10.3. The van der Waals surface area contributed by atoms with E-state index in [2.05, 4.69) is 27.3 Å². The van der Waals surface area contributed by atoms with Crippen molar-refractivity contribution in [3.05, 3.63) is 138 Å². The zero-order chi connectivity index (χ0) is 39.3. The Bertz CT molecular complexity index is 2190. The van der Waals surface area contributed by atoms with Crippen LogP contribution in [0.1, 0.15) is 33.5 Å². The van der Waals surface area contributed by atoms with Gasteiger partial charge in [0.25, 0.3) is 0 Å². The van der Waals surface area contributed by atoms with E-state index in [0.717, 1.165) is 34.9 Å². The summed E-state index contributed by atoms with van der Waals surface area (Å²) >= 11 is 0. The minimum atomic E-state index is -4.68. The second-order valence-corrected chi connectivity index (χ2v) is 12.7. The maximum Gasteiger partial charge on any atom is 0.431 e. The van der Waals surface area contributed by atoms with Crippen LogP contribution in [0.3, 0.4) is 0 Å². The summed E-state index contributed by atoms with van der Waals surface area (Å²) in [7, 11) is 3.61. The van der Waals surface area contributed by atoms with Crippen LogP contribution in [-0.2, 0) is 32.5 Å². The normalized spacial score (nSPS) is 14.1. The molecular formula is C38H31F8IrN8-5. The first-order valence-corrected chi connectivity index (χ1v) is 16.1. The molecule has 4 heterocycles. The molecule has 55 heavy (non-hydrogen) atoms. The number of rotatable bonds is 5. The fraction of sp³-hybridized carbons (Fsp3) is 0.211. The van der Waals surface area contributed by atoms with E-state index < -0.39 is 35.2 Å². The number of hydrogen-bond acceptors (Lipinski definition) is 6. The van der Waals surface area contributed by atoms with Crippen LogP contribution in [0.5, 0.6) is 0 Å². The van der Waals surface area contributed by atoms with Crippen LogP contribution in [0.25, 0.3) is 28.5 Å². The minimum Gasteiger partial charge on any atom is -0.572 e. The van der Waals surface area contributed by atoms with E-state index in [-0.39, 0.29) is 48.4 Å². The minimum absolute atomic E-state index is 0. The third-order valence-electron chi connectivity index (χ3n) is 8.40. The number of anilines is 2. The molecule has 0 saturated carbocycles.